The summed E-state index contributed by atoms with van der Waals surface area (Å²) < 4.78 is 5.02. The molecule has 44 heavy (non-hydrogen) atoms. The van der Waals surface area contributed by atoms with Crippen molar-refractivity contribution in [1.82, 2.24) is 5.32 Å². The number of carboxylic acid groups (broad SMARTS) is 1. The topological polar surface area (TPSA) is 75.6 Å². The van der Waals surface area contributed by atoms with Crippen LogP contribution in [0, 0.1) is 0 Å². The van der Waals surface area contributed by atoms with Gasteiger partial charge in [0.1, 0.15) is 12.1 Å². The van der Waals surface area contributed by atoms with Crippen LogP contribution in [-0.4, -0.2) is 35.1 Å². The van der Waals surface area contributed by atoms with Gasteiger partial charge in [0.2, 0.25) is 0 Å². The average Bonchev–Trinajstić information content (AvgIpc) is 3.39. The first-order valence-electron chi connectivity index (χ1n) is 14.6. The third-order valence-corrected chi connectivity index (χ3v) is 10.2. The van der Waals surface area contributed by atoms with Crippen LogP contribution in [-0.2, 0) is 14.3 Å². The number of thioether (sulfide) groups is 1. The molecule has 1 aliphatic rings. The van der Waals surface area contributed by atoms with Gasteiger partial charge in [-0.05, 0) is 45.9 Å². The molecular weight excluding hydrogens is 566 g/mol. The highest BCUT2D eigenvalue weighted by Gasteiger charge is 2.43. The molecule has 0 aliphatic heterocycles. The van der Waals surface area contributed by atoms with Crippen molar-refractivity contribution in [3.05, 3.63) is 167 Å². The van der Waals surface area contributed by atoms with Crippen molar-refractivity contribution in [3.63, 3.8) is 0 Å². The van der Waals surface area contributed by atoms with Crippen LogP contribution in [0.5, 0.6) is 0 Å². The summed E-state index contributed by atoms with van der Waals surface area (Å²) in [6.45, 7) is 1.64. The Morgan fingerprint density at radius 2 is 1.09 bits per heavy atom. The lowest BCUT2D eigenvalue weighted by Gasteiger charge is -2.38. The van der Waals surface area contributed by atoms with Crippen LogP contribution in [0.4, 0.5) is 4.79 Å². The number of benzene rings is 5. The van der Waals surface area contributed by atoms with Gasteiger partial charge in [-0.15, -0.1) is 11.8 Å². The van der Waals surface area contributed by atoms with E-state index in [4.69, 9.17) is 4.74 Å². The van der Waals surface area contributed by atoms with E-state index >= 15 is 0 Å². The zero-order chi connectivity index (χ0) is 30.6. The SMILES string of the molecule is CC(CSC(c1ccccc1)(c1ccccc1)c1ccccc1)(NC(=O)OCC1c2ccccc2-c2ccccc21)C(=O)O. The predicted octanol–water partition coefficient (Wildman–Crippen LogP) is 8.09. The summed E-state index contributed by atoms with van der Waals surface area (Å²) in [5.74, 6) is -1.19. The molecule has 0 aromatic heterocycles. The molecule has 6 rings (SSSR count). The first-order valence-corrected chi connectivity index (χ1v) is 15.6. The number of rotatable bonds is 10. The molecule has 1 atom stereocenters. The second kappa shape index (κ2) is 12.4. The fraction of sp³-hybridized carbons (Fsp3) is 0.158. The van der Waals surface area contributed by atoms with Crippen LogP contribution in [0.15, 0.2) is 140 Å². The summed E-state index contributed by atoms with van der Waals surface area (Å²) in [6.07, 6.45) is -0.762. The summed E-state index contributed by atoms with van der Waals surface area (Å²) >= 11 is 1.48. The highest BCUT2D eigenvalue weighted by molar-refractivity contribution is 8.00. The highest BCUT2D eigenvalue weighted by atomic mass is 32.2. The van der Waals surface area contributed by atoms with Gasteiger partial charge in [0.25, 0.3) is 0 Å². The molecular formula is C38H33NO4S. The quantitative estimate of drug-likeness (QED) is 0.159. The van der Waals surface area contributed by atoms with E-state index in [1.807, 2.05) is 78.9 Å². The van der Waals surface area contributed by atoms with Gasteiger partial charge in [-0.3, -0.25) is 0 Å². The average molecular weight is 600 g/mol. The standard InChI is InChI=1S/C38H33NO4S/c1-37(35(40)41,39-36(42)43-25-34-32-23-13-11-21-30(32)31-22-12-14-24-33(31)34)26-44-38(27-15-5-2-6-16-27,28-17-7-3-8-18-28)29-19-9-4-10-20-29/h2-24,34H,25-26H2,1H3,(H,39,42)(H,40,41). The number of nitrogens with one attached hydrogen (secondary N) is 1. The Balaban J connectivity index is 1.26. The Labute approximate surface area is 261 Å². The van der Waals surface area contributed by atoms with Gasteiger partial charge in [0.15, 0.2) is 0 Å². The number of ether oxygens (including phenoxy) is 1. The van der Waals surface area contributed by atoms with Crippen molar-refractivity contribution >= 4 is 23.8 Å². The van der Waals surface area contributed by atoms with Gasteiger partial charge in [-0.2, -0.15) is 0 Å². The van der Waals surface area contributed by atoms with Crippen LogP contribution < -0.4 is 5.32 Å². The number of alkyl carbamates (subject to hydrolysis) is 1. The molecule has 6 heteroatoms. The molecule has 1 unspecified atom stereocenters. The highest BCUT2D eigenvalue weighted by Crippen LogP contribution is 2.49. The zero-order valence-corrected chi connectivity index (χ0v) is 25.2. The molecule has 0 saturated heterocycles. The molecule has 1 amide bonds. The largest absolute Gasteiger partial charge is 0.479 e. The summed E-state index contributed by atoms with van der Waals surface area (Å²) in [7, 11) is 0. The normalized spacial score (nSPS) is 13.8. The number of hydrogen-bond donors (Lipinski definition) is 2. The van der Waals surface area contributed by atoms with Crippen LogP contribution >= 0.6 is 11.8 Å². The molecule has 0 fully saturated rings. The molecule has 5 nitrogen and oxygen atoms in total. The van der Waals surface area contributed by atoms with E-state index in [9.17, 15) is 14.7 Å². The Morgan fingerprint density at radius 3 is 1.52 bits per heavy atom. The Kier molecular flexibility index (Phi) is 8.27. The molecule has 0 heterocycles. The zero-order valence-electron chi connectivity index (χ0n) is 24.4. The first-order chi connectivity index (χ1) is 21.4. The molecule has 0 saturated carbocycles. The Hall–Kier alpha value is -4.81. The maximum atomic E-state index is 13.3. The molecule has 5 aromatic rings. The lowest BCUT2D eigenvalue weighted by atomic mass is 9.84. The number of hydrogen-bond acceptors (Lipinski definition) is 4. The van der Waals surface area contributed by atoms with Crippen LogP contribution in [0.1, 0.15) is 40.7 Å². The fourth-order valence-corrected chi connectivity index (χ4v) is 7.64. The maximum Gasteiger partial charge on any atom is 0.408 e. The second-order valence-electron chi connectivity index (χ2n) is 11.2. The van der Waals surface area contributed by atoms with Gasteiger partial charge in [0, 0.05) is 11.7 Å². The van der Waals surface area contributed by atoms with Crippen molar-refractivity contribution < 1.29 is 19.4 Å². The third kappa shape index (κ3) is 5.49. The van der Waals surface area contributed by atoms with E-state index in [0.717, 1.165) is 38.9 Å². The summed E-state index contributed by atoms with van der Waals surface area (Å²) in [5, 5.41) is 13.2. The van der Waals surface area contributed by atoms with Gasteiger partial charge in [0.05, 0.1) is 4.75 Å². The third-order valence-electron chi connectivity index (χ3n) is 8.31. The van der Waals surface area contributed by atoms with Crippen LogP contribution in [0.2, 0.25) is 0 Å². The maximum absolute atomic E-state index is 13.3. The number of amides is 1. The molecule has 220 valence electrons. The van der Waals surface area contributed by atoms with Crippen molar-refractivity contribution in [1.29, 1.82) is 0 Å². The number of aliphatic carboxylic acids is 1. The van der Waals surface area contributed by atoms with Gasteiger partial charge >= 0.3 is 12.1 Å². The Bertz CT molecular complexity index is 1620. The van der Waals surface area contributed by atoms with Crippen LogP contribution in [0.25, 0.3) is 11.1 Å². The molecule has 0 spiro atoms. The second-order valence-corrected chi connectivity index (χ2v) is 12.3. The number of carbonyl (C=O) groups excluding carboxylic acids is 1. The lowest BCUT2D eigenvalue weighted by molar-refractivity contribution is -0.142. The summed E-state index contributed by atoms with van der Waals surface area (Å²) in [5.41, 5.74) is 5.86. The van der Waals surface area contributed by atoms with E-state index in [1.165, 1.54) is 18.7 Å². The van der Waals surface area contributed by atoms with E-state index in [0.29, 0.717) is 0 Å². The van der Waals surface area contributed by atoms with Crippen LogP contribution in [0.3, 0.4) is 0 Å². The van der Waals surface area contributed by atoms with Gasteiger partial charge in [-0.25, -0.2) is 9.59 Å². The number of carboxylic acids is 1. The molecule has 0 radical (unpaired) electrons. The van der Waals surface area contributed by atoms with E-state index < -0.39 is 22.3 Å². The van der Waals surface area contributed by atoms with E-state index in [1.54, 1.807) is 0 Å². The van der Waals surface area contributed by atoms with E-state index in [-0.39, 0.29) is 18.3 Å². The first kappa shape index (κ1) is 29.3. The minimum absolute atomic E-state index is 0.0746. The van der Waals surface area contributed by atoms with E-state index in [2.05, 4.69) is 66.0 Å². The Morgan fingerprint density at radius 1 is 0.682 bits per heavy atom. The summed E-state index contributed by atoms with van der Waals surface area (Å²) in [4.78, 5) is 26.1. The predicted molar refractivity (Wildman–Crippen MR) is 176 cm³/mol. The molecule has 2 N–H and O–H groups in total. The fourth-order valence-electron chi connectivity index (χ4n) is 6.03. The minimum Gasteiger partial charge on any atom is -0.479 e. The van der Waals surface area contributed by atoms with Gasteiger partial charge in [-0.1, -0.05) is 140 Å². The summed E-state index contributed by atoms with van der Waals surface area (Å²) in [6, 6.07) is 46.4. The number of fused-ring (bicyclic) bond motifs is 3. The molecule has 0 bridgehead atoms. The van der Waals surface area contributed by atoms with Crippen molar-refractivity contribution in [3.8, 4) is 11.1 Å². The molecule has 1 aliphatic carbocycles. The van der Waals surface area contributed by atoms with Gasteiger partial charge < -0.3 is 15.2 Å². The number of carbonyl (C=O) groups is 2. The van der Waals surface area contributed by atoms with Crippen molar-refractivity contribution in [2.75, 3.05) is 12.4 Å². The molecule has 5 aromatic carbocycles. The van der Waals surface area contributed by atoms with Crippen molar-refractivity contribution in [2.45, 2.75) is 23.1 Å². The smallest absolute Gasteiger partial charge is 0.408 e. The van der Waals surface area contributed by atoms with Crippen molar-refractivity contribution in [2.24, 2.45) is 0 Å². The monoisotopic (exact) mass is 599 g/mol. The minimum atomic E-state index is -1.61. The lowest BCUT2D eigenvalue weighted by Crippen LogP contribution is -2.55.